The van der Waals surface area contributed by atoms with E-state index in [-0.39, 0.29) is 11.7 Å². The van der Waals surface area contributed by atoms with E-state index < -0.39 is 5.54 Å². The summed E-state index contributed by atoms with van der Waals surface area (Å²) in [5.74, 6) is 0.953. The molecule has 1 aromatic heterocycles. The van der Waals surface area contributed by atoms with Gasteiger partial charge < -0.3 is 4.74 Å². The third-order valence-electron chi connectivity index (χ3n) is 4.25. The zero-order valence-electron chi connectivity index (χ0n) is 15.7. The Bertz CT molecular complexity index is 859. The molecule has 0 fully saturated rings. The van der Waals surface area contributed by atoms with Gasteiger partial charge in [-0.15, -0.1) is 5.10 Å². The van der Waals surface area contributed by atoms with Crippen molar-refractivity contribution in [1.82, 2.24) is 20.2 Å². The fraction of sp³-hybridized carbons (Fsp3) is 0.444. The molecule has 2 aromatic rings. The van der Waals surface area contributed by atoms with Gasteiger partial charge in [0.05, 0.1) is 23.6 Å². The molecule has 0 saturated carbocycles. The number of hydrogen-bond donors (Lipinski definition) is 0. The first kappa shape index (κ1) is 18.4. The molecule has 0 unspecified atom stereocenters. The predicted molar refractivity (Wildman–Crippen MR) is 102 cm³/mol. The summed E-state index contributed by atoms with van der Waals surface area (Å²) >= 11 is 1.33. The van der Waals surface area contributed by atoms with E-state index in [2.05, 4.69) is 28.5 Å². The van der Waals surface area contributed by atoms with Crippen LogP contribution in [0.25, 0.3) is 5.57 Å². The number of aryl methyl sites for hydroxylation is 1. The van der Waals surface area contributed by atoms with Crippen LogP contribution in [0.3, 0.4) is 0 Å². The van der Waals surface area contributed by atoms with Crippen LogP contribution in [-0.2, 0) is 11.8 Å². The molecule has 1 aliphatic rings. The van der Waals surface area contributed by atoms with E-state index in [9.17, 15) is 4.79 Å². The minimum atomic E-state index is -0.458. The topological polar surface area (TPSA) is 73.1 Å². The Hall–Kier alpha value is -2.35. The van der Waals surface area contributed by atoms with Crippen molar-refractivity contribution in [3.8, 4) is 5.75 Å². The van der Waals surface area contributed by atoms with Crippen molar-refractivity contribution in [3.05, 3.63) is 29.8 Å². The lowest BCUT2D eigenvalue weighted by atomic mass is 9.88. The van der Waals surface area contributed by atoms with Crippen LogP contribution < -0.4 is 9.64 Å². The number of hydrogen-bond acceptors (Lipinski definition) is 6. The number of para-hydroxylation sites is 1. The smallest absolute Gasteiger partial charge is 0.238 e. The number of fused-ring (bicyclic) bond motifs is 1. The lowest BCUT2D eigenvalue weighted by Gasteiger charge is -2.42. The van der Waals surface area contributed by atoms with Crippen molar-refractivity contribution in [1.29, 1.82) is 0 Å². The molecule has 7 nitrogen and oxygen atoms in total. The molecule has 1 aromatic carbocycles. The molecule has 0 bridgehead atoms. The molecule has 0 radical (unpaired) electrons. The van der Waals surface area contributed by atoms with E-state index in [0.717, 1.165) is 22.6 Å². The second kappa shape index (κ2) is 7.11. The van der Waals surface area contributed by atoms with E-state index in [1.165, 1.54) is 11.8 Å². The molecule has 0 spiro atoms. The maximum absolute atomic E-state index is 13.2. The molecule has 1 amide bonds. The number of carbonyl (C=O) groups excluding carboxylic acids is 1. The largest absolute Gasteiger partial charge is 0.492 e. The Labute approximate surface area is 157 Å². The standard InChI is InChI=1S/C18H23N5O2S/c1-6-25-14-9-7-8-13-12(2)10-18(3,4)23(16(13)14)15(24)11-26-17-19-20-21-22(17)5/h7-10H,6,11H2,1-5H3. The third kappa shape index (κ3) is 3.33. The lowest BCUT2D eigenvalue weighted by molar-refractivity contribution is -0.116. The molecule has 0 atom stereocenters. The van der Waals surface area contributed by atoms with Gasteiger partial charge in [0.1, 0.15) is 5.75 Å². The number of rotatable bonds is 5. The van der Waals surface area contributed by atoms with Gasteiger partial charge in [0, 0.05) is 12.6 Å². The average Bonchev–Trinajstić information content (AvgIpc) is 2.98. The number of ether oxygens (including phenoxy) is 1. The Balaban J connectivity index is 1.97. The van der Waals surface area contributed by atoms with Crippen molar-refractivity contribution >= 4 is 28.9 Å². The van der Waals surface area contributed by atoms with E-state index in [4.69, 9.17) is 4.74 Å². The number of amides is 1. The van der Waals surface area contributed by atoms with Gasteiger partial charge in [-0.05, 0) is 49.8 Å². The highest BCUT2D eigenvalue weighted by Crippen LogP contribution is 2.44. The quantitative estimate of drug-likeness (QED) is 0.751. The number of benzene rings is 1. The van der Waals surface area contributed by atoms with Gasteiger partial charge in [-0.2, -0.15) is 0 Å². The lowest BCUT2D eigenvalue weighted by Crippen LogP contribution is -2.50. The molecule has 2 heterocycles. The second-order valence-electron chi connectivity index (χ2n) is 6.67. The first-order valence-electron chi connectivity index (χ1n) is 8.49. The predicted octanol–water partition coefficient (Wildman–Crippen LogP) is 2.93. The summed E-state index contributed by atoms with van der Waals surface area (Å²) in [6.07, 6.45) is 2.12. The molecule has 3 rings (SSSR count). The fourth-order valence-electron chi connectivity index (χ4n) is 3.28. The maximum atomic E-state index is 13.2. The van der Waals surface area contributed by atoms with Crippen LogP contribution in [-0.4, -0.2) is 44.0 Å². The Morgan fingerprint density at radius 1 is 1.35 bits per heavy atom. The summed E-state index contributed by atoms with van der Waals surface area (Å²) in [6, 6.07) is 5.90. The van der Waals surface area contributed by atoms with Gasteiger partial charge in [0.2, 0.25) is 11.1 Å². The first-order valence-corrected chi connectivity index (χ1v) is 9.47. The summed E-state index contributed by atoms with van der Waals surface area (Å²) in [7, 11) is 1.76. The minimum Gasteiger partial charge on any atom is -0.492 e. The summed E-state index contributed by atoms with van der Waals surface area (Å²) in [5, 5.41) is 12.0. The van der Waals surface area contributed by atoms with Crippen LogP contribution in [0, 0.1) is 0 Å². The van der Waals surface area contributed by atoms with Gasteiger partial charge in [0.25, 0.3) is 0 Å². The minimum absolute atomic E-state index is 0.0137. The van der Waals surface area contributed by atoms with Crippen LogP contribution in [0.2, 0.25) is 0 Å². The normalized spacial score (nSPS) is 15.4. The van der Waals surface area contributed by atoms with Gasteiger partial charge in [-0.25, -0.2) is 4.68 Å². The molecule has 8 heteroatoms. The number of nitrogens with zero attached hydrogens (tertiary/aromatic N) is 5. The number of anilines is 1. The van der Waals surface area contributed by atoms with Gasteiger partial charge in [-0.1, -0.05) is 30.0 Å². The fourth-order valence-corrected chi connectivity index (χ4v) is 3.98. The monoisotopic (exact) mass is 373 g/mol. The number of carbonyl (C=O) groups is 1. The van der Waals surface area contributed by atoms with Crippen LogP contribution in [0.4, 0.5) is 5.69 Å². The van der Waals surface area contributed by atoms with E-state index in [1.807, 2.05) is 43.9 Å². The summed E-state index contributed by atoms with van der Waals surface area (Å²) in [5.41, 5.74) is 2.54. The van der Waals surface area contributed by atoms with Crippen molar-refractivity contribution in [3.63, 3.8) is 0 Å². The summed E-state index contributed by atoms with van der Waals surface area (Å²) < 4.78 is 7.39. The van der Waals surface area contributed by atoms with Crippen molar-refractivity contribution < 1.29 is 9.53 Å². The molecule has 0 N–H and O–H groups in total. The molecular formula is C18H23N5O2S. The van der Waals surface area contributed by atoms with Crippen molar-refractivity contribution in [2.45, 2.75) is 38.4 Å². The Morgan fingerprint density at radius 2 is 2.12 bits per heavy atom. The summed E-state index contributed by atoms with van der Waals surface area (Å²) in [6.45, 7) is 8.63. The van der Waals surface area contributed by atoms with Crippen molar-refractivity contribution in [2.24, 2.45) is 7.05 Å². The Morgan fingerprint density at radius 3 is 2.77 bits per heavy atom. The Kier molecular flexibility index (Phi) is 5.04. The van der Waals surface area contributed by atoms with E-state index in [0.29, 0.717) is 11.8 Å². The molecule has 138 valence electrons. The highest BCUT2D eigenvalue weighted by Gasteiger charge is 2.37. The molecule has 0 saturated heterocycles. The number of tetrazole rings is 1. The molecular weight excluding hydrogens is 350 g/mol. The van der Waals surface area contributed by atoms with Crippen LogP contribution in [0.5, 0.6) is 5.75 Å². The third-order valence-corrected chi connectivity index (χ3v) is 5.24. The van der Waals surface area contributed by atoms with Crippen LogP contribution >= 0.6 is 11.8 Å². The average molecular weight is 373 g/mol. The first-order chi connectivity index (χ1) is 12.3. The highest BCUT2D eigenvalue weighted by molar-refractivity contribution is 7.99. The van der Waals surface area contributed by atoms with Crippen molar-refractivity contribution in [2.75, 3.05) is 17.3 Å². The number of thioether (sulfide) groups is 1. The highest BCUT2D eigenvalue weighted by atomic mass is 32.2. The maximum Gasteiger partial charge on any atom is 0.238 e. The van der Waals surface area contributed by atoms with Crippen LogP contribution in [0.1, 0.15) is 33.3 Å². The zero-order chi connectivity index (χ0) is 18.9. The summed E-state index contributed by atoms with van der Waals surface area (Å²) in [4.78, 5) is 15.0. The second-order valence-corrected chi connectivity index (χ2v) is 7.61. The molecule has 26 heavy (non-hydrogen) atoms. The van der Waals surface area contributed by atoms with E-state index >= 15 is 0 Å². The number of allylic oxidation sites excluding steroid dienone is 1. The molecule has 1 aliphatic heterocycles. The molecule has 0 aliphatic carbocycles. The zero-order valence-corrected chi connectivity index (χ0v) is 16.5. The van der Waals surface area contributed by atoms with Gasteiger partial charge in [0.15, 0.2) is 0 Å². The SMILES string of the molecule is CCOc1cccc2c1N(C(=O)CSc1nnnn1C)C(C)(C)C=C2C. The van der Waals surface area contributed by atoms with Gasteiger partial charge >= 0.3 is 0 Å². The van der Waals surface area contributed by atoms with E-state index in [1.54, 1.807) is 11.7 Å². The number of aromatic nitrogens is 4. The van der Waals surface area contributed by atoms with Gasteiger partial charge in [-0.3, -0.25) is 9.69 Å². The van der Waals surface area contributed by atoms with Crippen LogP contribution in [0.15, 0.2) is 29.4 Å².